The van der Waals surface area contributed by atoms with Gasteiger partial charge in [0.1, 0.15) is 27.2 Å². The maximum absolute atomic E-state index is 14.9. The first-order valence-corrected chi connectivity index (χ1v) is 14.8. The van der Waals surface area contributed by atoms with Crippen molar-refractivity contribution < 1.29 is 41.7 Å². The van der Waals surface area contributed by atoms with Gasteiger partial charge in [0, 0.05) is 37.8 Å². The van der Waals surface area contributed by atoms with Gasteiger partial charge in [0.25, 0.3) is 11.8 Å². The van der Waals surface area contributed by atoms with Gasteiger partial charge in [-0.1, -0.05) is 6.07 Å². The first-order valence-electron chi connectivity index (χ1n) is 12.7. The van der Waals surface area contributed by atoms with Gasteiger partial charge in [-0.2, -0.15) is 0 Å². The van der Waals surface area contributed by atoms with Gasteiger partial charge in [0.05, 0.1) is 49.3 Å². The summed E-state index contributed by atoms with van der Waals surface area (Å²) in [4.78, 5) is 25.6. The topological polar surface area (TPSA) is 140 Å². The van der Waals surface area contributed by atoms with Crippen LogP contribution in [0.3, 0.4) is 0 Å². The van der Waals surface area contributed by atoms with Gasteiger partial charge in [-0.15, -0.1) is 0 Å². The van der Waals surface area contributed by atoms with Crippen molar-refractivity contribution in [3.05, 3.63) is 57.9 Å². The van der Waals surface area contributed by atoms with Crippen LogP contribution in [-0.4, -0.2) is 83.0 Å². The molecule has 0 aromatic heterocycles. The Kier molecular flexibility index (Phi) is 9.08. The van der Waals surface area contributed by atoms with Gasteiger partial charge in [-0.05, 0) is 42.2 Å². The molecule has 2 aliphatic rings. The molecule has 1 fully saturated rings. The summed E-state index contributed by atoms with van der Waals surface area (Å²) in [6, 6.07) is 5.46. The lowest BCUT2D eigenvalue weighted by Gasteiger charge is -2.28. The van der Waals surface area contributed by atoms with E-state index in [2.05, 4.69) is 10.6 Å². The molecule has 1 saturated heterocycles. The molecule has 4 rings (SSSR count). The number of hydrogen-bond acceptors (Lipinski definition) is 8. The number of sulfone groups is 1. The molecule has 0 aliphatic carbocycles. The van der Waals surface area contributed by atoms with E-state index in [1.807, 2.05) is 0 Å². The lowest BCUT2D eigenvalue weighted by Crippen LogP contribution is -2.48. The second-order valence-corrected chi connectivity index (χ2v) is 12.0. The highest BCUT2D eigenvalue weighted by atomic mass is 32.2. The molecule has 2 aromatic carbocycles. The minimum atomic E-state index is -3.14. The second-order valence-electron chi connectivity index (χ2n) is 9.76. The summed E-state index contributed by atoms with van der Waals surface area (Å²) in [6.07, 6.45) is 1.79. The molecular weight excluding hydrogens is 531 g/mol. The number of fused-ring (bicyclic) bond motifs is 1. The van der Waals surface area contributed by atoms with E-state index in [4.69, 9.17) is 14.2 Å². The van der Waals surface area contributed by atoms with Crippen LogP contribution in [0.15, 0.2) is 24.3 Å². The van der Waals surface area contributed by atoms with E-state index in [0.29, 0.717) is 54.2 Å². The Morgan fingerprint density at radius 2 is 1.97 bits per heavy atom. The highest BCUT2D eigenvalue weighted by Gasteiger charge is 2.30. The number of halogens is 1. The fourth-order valence-electron chi connectivity index (χ4n) is 4.80. The summed E-state index contributed by atoms with van der Waals surface area (Å²) < 4.78 is 54.0. The van der Waals surface area contributed by atoms with Crippen molar-refractivity contribution in [3.63, 3.8) is 0 Å². The van der Waals surface area contributed by atoms with Crippen molar-refractivity contribution in [3.8, 4) is 11.5 Å². The van der Waals surface area contributed by atoms with Crippen LogP contribution in [0.25, 0.3) is 0 Å². The molecule has 10 nitrogen and oxygen atoms in total. The quantitative estimate of drug-likeness (QED) is 0.368. The Morgan fingerprint density at radius 1 is 1.18 bits per heavy atom. The molecule has 0 saturated carbocycles. The summed E-state index contributed by atoms with van der Waals surface area (Å²) in [6.45, 7) is 1.10. The number of aliphatic hydroxyl groups excluding tert-OH is 1. The van der Waals surface area contributed by atoms with Crippen molar-refractivity contribution in [2.45, 2.75) is 37.8 Å². The lowest BCUT2D eigenvalue weighted by atomic mass is 9.95. The third-order valence-corrected chi connectivity index (χ3v) is 7.77. The Bertz CT molecular complexity index is 1350. The highest BCUT2D eigenvalue weighted by Crippen LogP contribution is 2.40. The average molecular weight is 565 g/mol. The number of aliphatic hydroxyl groups is 1. The van der Waals surface area contributed by atoms with E-state index < -0.39 is 39.6 Å². The van der Waals surface area contributed by atoms with Gasteiger partial charge in [0.15, 0.2) is 0 Å². The highest BCUT2D eigenvalue weighted by molar-refractivity contribution is 7.90. The zero-order chi connectivity index (χ0) is 28.2. The van der Waals surface area contributed by atoms with E-state index in [1.54, 1.807) is 12.1 Å². The lowest BCUT2D eigenvalue weighted by molar-refractivity contribution is -0.0261. The number of rotatable bonds is 10. The fourth-order valence-corrected chi connectivity index (χ4v) is 5.47. The smallest absolute Gasteiger partial charge is 0.255 e. The van der Waals surface area contributed by atoms with Crippen LogP contribution in [0, 0.1) is 5.82 Å². The van der Waals surface area contributed by atoms with Crippen molar-refractivity contribution in [1.82, 2.24) is 10.6 Å². The second kappa shape index (κ2) is 12.3. The first kappa shape index (κ1) is 28.8. The molecule has 2 atom stereocenters. The van der Waals surface area contributed by atoms with Crippen molar-refractivity contribution in [2.75, 3.05) is 45.5 Å². The standard InChI is InChI=1S/C27H33FN2O8S/c1-36-25-19-6-10-38-24(19)17(14-20(25)27(33)30-22-7-9-37-15-23(22)31)12-16-4-5-18(21(28)13-16)26(32)29-8-3-11-39(2,34)35/h4-5,13-14,22-23,31H,3,6-12,15H2,1-2H3,(H,29,32)(H,30,33)/t22-,23-/m0/s1. The summed E-state index contributed by atoms with van der Waals surface area (Å²) in [7, 11) is -1.66. The first-order chi connectivity index (χ1) is 18.6. The molecule has 12 heteroatoms. The van der Waals surface area contributed by atoms with Crippen LogP contribution < -0.4 is 20.1 Å². The third-order valence-electron chi connectivity index (χ3n) is 6.74. The Balaban J connectivity index is 1.53. The number of carbonyl (C=O) groups is 2. The van der Waals surface area contributed by atoms with Crippen LogP contribution in [0.5, 0.6) is 11.5 Å². The maximum Gasteiger partial charge on any atom is 0.255 e. The number of carbonyl (C=O) groups excluding carboxylic acids is 2. The van der Waals surface area contributed by atoms with Crippen LogP contribution in [0.4, 0.5) is 4.39 Å². The Morgan fingerprint density at radius 3 is 2.67 bits per heavy atom. The summed E-state index contributed by atoms with van der Waals surface area (Å²) in [5, 5.41) is 15.6. The maximum atomic E-state index is 14.9. The van der Waals surface area contributed by atoms with Gasteiger partial charge >= 0.3 is 0 Å². The molecule has 39 heavy (non-hydrogen) atoms. The molecule has 3 N–H and O–H groups in total. The molecular formula is C27H33FN2O8S. The molecule has 0 bridgehead atoms. The predicted octanol–water partition coefficient (Wildman–Crippen LogP) is 1.40. The molecule has 0 radical (unpaired) electrons. The monoisotopic (exact) mass is 564 g/mol. The number of methoxy groups -OCH3 is 1. The van der Waals surface area contributed by atoms with Gasteiger partial charge in [-0.25, -0.2) is 12.8 Å². The van der Waals surface area contributed by atoms with Gasteiger partial charge in [0.2, 0.25) is 0 Å². The minimum Gasteiger partial charge on any atom is -0.495 e. The molecule has 2 aliphatic heterocycles. The Labute approximate surface area is 226 Å². The van der Waals surface area contributed by atoms with Crippen LogP contribution in [-0.2, 0) is 27.4 Å². The van der Waals surface area contributed by atoms with E-state index >= 15 is 0 Å². The largest absolute Gasteiger partial charge is 0.495 e. The van der Waals surface area contributed by atoms with Crippen molar-refractivity contribution >= 4 is 21.7 Å². The Hall–Kier alpha value is -3.22. The van der Waals surface area contributed by atoms with Crippen LogP contribution >= 0.6 is 0 Å². The van der Waals surface area contributed by atoms with Gasteiger partial charge < -0.3 is 30.0 Å². The van der Waals surface area contributed by atoms with Crippen molar-refractivity contribution in [1.29, 1.82) is 0 Å². The van der Waals surface area contributed by atoms with E-state index in [0.717, 1.165) is 11.8 Å². The summed E-state index contributed by atoms with van der Waals surface area (Å²) in [5.41, 5.74) is 2.12. The number of amides is 2. The normalized spacial score (nSPS) is 18.7. The number of hydrogen-bond donors (Lipinski definition) is 3. The fraction of sp³-hybridized carbons (Fsp3) is 0.481. The average Bonchev–Trinajstić information content (AvgIpc) is 3.37. The van der Waals surface area contributed by atoms with E-state index in [9.17, 15) is 27.5 Å². The number of nitrogens with one attached hydrogen (secondary N) is 2. The van der Waals surface area contributed by atoms with Crippen LogP contribution in [0.1, 0.15) is 50.2 Å². The zero-order valence-electron chi connectivity index (χ0n) is 21.9. The van der Waals surface area contributed by atoms with E-state index in [-0.39, 0.29) is 37.3 Å². The van der Waals surface area contributed by atoms with E-state index in [1.165, 1.54) is 19.2 Å². The van der Waals surface area contributed by atoms with Crippen molar-refractivity contribution in [2.24, 2.45) is 0 Å². The molecule has 212 valence electrons. The predicted molar refractivity (Wildman–Crippen MR) is 141 cm³/mol. The zero-order valence-corrected chi connectivity index (χ0v) is 22.7. The molecule has 2 amide bonds. The van der Waals surface area contributed by atoms with Crippen LogP contribution in [0.2, 0.25) is 0 Å². The summed E-state index contributed by atoms with van der Waals surface area (Å²) >= 11 is 0. The molecule has 0 spiro atoms. The minimum absolute atomic E-state index is 0.0708. The molecule has 2 aromatic rings. The molecule has 2 heterocycles. The SMILES string of the molecule is COc1c(C(=O)N[C@H]2CCOC[C@@H]2O)cc(Cc2ccc(C(=O)NCCCS(C)(=O)=O)c(F)c2)c2c1CCO2. The summed E-state index contributed by atoms with van der Waals surface area (Å²) in [5.74, 6) is -0.829. The van der Waals surface area contributed by atoms with Gasteiger partial charge in [-0.3, -0.25) is 9.59 Å². The number of ether oxygens (including phenoxy) is 3. The molecule has 0 unspecified atom stereocenters. The number of benzene rings is 2. The third kappa shape index (κ3) is 7.06.